The highest BCUT2D eigenvalue weighted by Gasteiger charge is 2.47. The van der Waals surface area contributed by atoms with Gasteiger partial charge in [0, 0.05) is 0 Å². The summed E-state index contributed by atoms with van der Waals surface area (Å²) in [5, 5.41) is 4.14. The number of fused-ring (bicyclic) bond motifs is 7. The van der Waals surface area contributed by atoms with Gasteiger partial charge >= 0.3 is 6.09 Å². The number of carbonyl (C=O) groups is 1. The largest absolute Gasteiger partial charge is 0.444 e. The van der Waals surface area contributed by atoms with E-state index in [-0.39, 0.29) is 23.1 Å². The van der Waals surface area contributed by atoms with Crippen molar-refractivity contribution in [2.75, 3.05) is 19.6 Å². The molecule has 0 bridgehead atoms. The molecular weight excluding hydrogens is 738 g/mol. The predicted molar refractivity (Wildman–Crippen MR) is 227 cm³/mol. The summed E-state index contributed by atoms with van der Waals surface area (Å²) in [5.74, 6) is 1.43. The van der Waals surface area contributed by atoms with Crippen molar-refractivity contribution in [2.45, 2.75) is 121 Å². The zero-order valence-corrected chi connectivity index (χ0v) is 34.8. The lowest BCUT2D eigenvalue weighted by Crippen LogP contribution is -2.35. The highest BCUT2D eigenvalue weighted by molar-refractivity contribution is 7.13. The van der Waals surface area contributed by atoms with Crippen molar-refractivity contribution < 1.29 is 9.53 Å². The average molecular weight is 792 g/mol. The Labute approximate surface area is 339 Å². The molecule has 2 fully saturated rings. The second-order valence-corrected chi connectivity index (χ2v) is 18.4. The number of aryl methyl sites for hydroxylation is 1. The summed E-state index contributed by atoms with van der Waals surface area (Å²) < 4.78 is 7.88. The topological polar surface area (TPSA) is 89.4 Å². The SMILES string of the molecule is Cc1ncsc1-c1ccc([C@H](CCCCCN2CCC(c3ccc4c(c3)C3(CCCCC3)c3nc(=O)c5c(Cl)cccc5n3-4)CC2)NC(=O)OC(C)(C)C)cc1. The maximum absolute atomic E-state index is 13.4. The summed E-state index contributed by atoms with van der Waals surface area (Å²) in [5.41, 5.74) is 8.98. The number of halogens is 1. The number of hydrogen-bond acceptors (Lipinski definition) is 7. The fraction of sp³-hybridized carbons (Fsp3) is 0.478. The minimum absolute atomic E-state index is 0.113. The summed E-state index contributed by atoms with van der Waals surface area (Å²) >= 11 is 8.22. The monoisotopic (exact) mass is 791 g/mol. The van der Waals surface area contributed by atoms with Crippen LogP contribution in [0.25, 0.3) is 27.0 Å². The quantitative estimate of drug-likeness (QED) is 0.142. The van der Waals surface area contributed by atoms with Crippen molar-refractivity contribution >= 4 is 39.9 Å². The Balaban J connectivity index is 0.885. The number of unbranched alkanes of at least 4 members (excludes halogenated alkanes) is 2. The number of rotatable bonds is 10. The van der Waals surface area contributed by atoms with Crippen molar-refractivity contribution in [3.05, 3.63) is 110 Å². The lowest BCUT2D eigenvalue weighted by molar-refractivity contribution is 0.0500. The maximum Gasteiger partial charge on any atom is 0.408 e. The van der Waals surface area contributed by atoms with Crippen LogP contribution in [0.3, 0.4) is 0 Å². The number of aromatic nitrogens is 3. The minimum Gasteiger partial charge on any atom is -0.444 e. The summed E-state index contributed by atoms with van der Waals surface area (Å²) in [7, 11) is 0. The molecule has 1 atom stereocenters. The molecule has 1 N–H and O–H groups in total. The van der Waals surface area contributed by atoms with Crippen LogP contribution in [-0.2, 0) is 10.2 Å². The molecule has 1 saturated heterocycles. The number of nitrogens with one attached hydrogen (secondary N) is 1. The number of hydrogen-bond donors (Lipinski definition) is 1. The molecule has 0 unspecified atom stereocenters. The lowest BCUT2D eigenvalue weighted by atomic mass is 9.69. The van der Waals surface area contributed by atoms with E-state index in [4.69, 9.17) is 21.3 Å². The fourth-order valence-corrected chi connectivity index (χ4v) is 10.6. The molecule has 0 radical (unpaired) electrons. The van der Waals surface area contributed by atoms with Gasteiger partial charge in [-0.1, -0.05) is 86.2 Å². The van der Waals surface area contributed by atoms with Crippen LogP contribution in [0.4, 0.5) is 4.79 Å². The molecule has 294 valence electrons. The number of thiazole rings is 1. The Morgan fingerprint density at radius 3 is 2.50 bits per heavy atom. The molecule has 2 aromatic heterocycles. The Bertz CT molecular complexity index is 2260. The summed E-state index contributed by atoms with van der Waals surface area (Å²) in [6.07, 6.45) is 11.6. The number of nitrogens with zero attached hydrogens (tertiary/aromatic N) is 4. The number of ether oxygens (including phenoxy) is 1. The molecule has 1 saturated carbocycles. The lowest BCUT2D eigenvalue weighted by Gasteiger charge is -2.35. The molecule has 5 aromatic rings. The number of alkyl carbamates (subject to hydrolysis) is 1. The van der Waals surface area contributed by atoms with E-state index in [0.717, 1.165) is 118 Å². The van der Waals surface area contributed by atoms with Crippen molar-refractivity contribution in [3.63, 3.8) is 0 Å². The standard InChI is InChI=1S/C46H54ClN5O3S/c1-30-41(56-29-48-30)33-17-15-32(16-18-33)37(49-44(54)55-45(2,3)4)13-7-5-10-25-51-26-21-31(22-27-51)34-19-20-38-35(28-34)46(23-8-6-9-24-46)43-50-42(53)40-36(47)12-11-14-39(40)52(38)43/h11-12,14-20,28-29,31,37H,5-10,13,21-27H2,1-4H3,(H,49,54)/t37-/m0/s1. The predicted octanol–water partition coefficient (Wildman–Crippen LogP) is 11.0. The number of carbonyl (C=O) groups excluding carboxylic acids is 1. The van der Waals surface area contributed by atoms with E-state index < -0.39 is 5.60 Å². The Morgan fingerprint density at radius 1 is 1.02 bits per heavy atom. The van der Waals surface area contributed by atoms with Gasteiger partial charge < -0.3 is 15.0 Å². The van der Waals surface area contributed by atoms with Crippen LogP contribution in [0.1, 0.15) is 132 Å². The number of piperidine rings is 1. The Hall–Kier alpha value is -4.05. The second-order valence-electron chi connectivity index (χ2n) is 17.2. The third-order valence-corrected chi connectivity index (χ3v) is 13.6. The molecule has 1 aliphatic carbocycles. The number of amides is 1. The van der Waals surface area contributed by atoms with Crippen LogP contribution < -0.4 is 10.9 Å². The Kier molecular flexibility index (Phi) is 11.1. The molecule has 3 aliphatic rings. The first-order chi connectivity index (χ1) is 27.0. The van der Waals surface area contributed by atoms with Gasteiger partial charge in [0.15, 0.2) is 0 Å². The van der Waals surface area contributed by atoms with E-state index >= 15 is 0 Å². The average Bonchev–Trinajstić information content (AvgIpc) is 3.72. The van der Waals surface area contributed by atoms with E-state index in [2.05, 4.69) is 62.2 Å². The van der Waals surface area contributed by atoms with Crippen molar-refractivity contribution in [1.82, 2.24) is 24.8 Å². The second kappa shape index (κ2) is 16.1. The van der Waals surface area contributed by atoms with Crippen LogP contribution >= 0.6 is 22.9 Å². The van der Waals surface area contributed by atoms with Gasteiger partial charge in [0.1, 0.15) is 11.4 Å². The first kappa shape index (κ1) is 38.8. The van der Waals surface area contributed by atoms with Crippen molar-refractivity contribution in [2.24, 2.45) is 0 Å². The highest BCUT2D eigenvalue weighted by Crippen LogP contribution is 2.52. The van der Waals surface area contributed by atoms with Crippen LogP contribution in [0.15, 0.2) is 71.0 Å². The summed E-state index contributed by atoms with van der Waals surface area (Å²) in [6, 6.07) is 21.3. The molecule has 2 aliphatic heterocycles. The maximum atomic E-state index is 13.4. The molecular formula is C46H54ClN5O3S. The molecule has 4 heterocycles. The van der Waals surface area contributed by atoms with Crippen LogP contribution in [0, 0.1) is 6.92 Å². The van der Waals surface area contributed by atoms with Crippen molar-refractivity contribution in [3.8, 4) is 16.1 Å². The van der Waals surface area contributed by atoms with E-state index in [1.54, 1.807) is 17.4 Å². The first-order valence-corrected chi connectivity index (χ1v) is 21.9. The molecule has 3 aromatic carbocycles. The van der Waals surface area contributed by atoms with E-state index in [0.29, 0.717) is 16.3 Å². The zero-order valence-electron chi connectivity index (χ0n) is 33.2. The van der Waals surface area contributed by atoms with E-state index in [1.165, 1.54) is 22.4 Å². The summed E-state index contributed by atoms with van der Waals surface area (Å²) in [4.78, 5) is 39.2. The zero-order chi connectivity index (χ0) is 39.0. The third kappa shape index (κ3) is 7.79. The molecule has 10 heteroatoms. The smallest absolute Gasteiger partial charge is 0.408 e. The van der Waals surface area contributed by atoms with Gasteiger partial charge in [-0.15, -0.1) is 11.3 Å². The van der Waals surface area contributed by atoms with Crippen molar-refractivity contribution in [1.29, 1.82) is 0 Å². The minimum atomic E-state index is -0.552. The molecule has 1 spiro atoms. The number of likely N-dealkylation sites (tertiary alicyclic amines) is 1. The third-order valence-electron chi connectivity index (χ3n) is 12.3. The van der Waals surface area contributed by atoms with Crippen LogP contribution in [0.2, 0.25) is 5.02 Å². The normalized spacial score (nSPS) is 17.5. The van der Waals surface area contributed by atoms with Crippen LogP contribution in [0.5, 0.6) is 0 Å². The molecule has 56 heavy (non-hydrogen) atoms. The van der Waals surface area contributed by atoms with Gasteiger partial charge in [0.2, 0.25) is 0 Å². The fourth-order valence-electron chi connectivity index (χ4n) is 9.51. The Morgan fingerprint density at radius 2 is 1.79 bits per heavy atom. The van der Waals surface area contributed by atoms with Gasteiger partial charge in [-0.05, 0) is 132 Å². The molecule has 8 nitrogen and oxygen atoms in total. The van der Waals surface area contributed by atoms with Gasteiger partial charge in [-0.25, -0.2) is 9.78 Å². The van der Waals surface area contributed by atoms with Gasteiger partial charge in [-0.3, -0.25) is 9.36 Å². The van der Waals surface area contributed by atoms with E-state index in [9.17, 15) is 9.59 Å². The summed E-state index contributed by atoms with van der Waals surface area (Å²) in [6.45, 7) is 11.0. The number of benzene rings is 3. The first-order valence-electron chi connectivity index (χ1n) is 20.6. The molecule has 1 amide bonds. The van der Waals surface area contributed by atoms with Gasteiger partial charge in [0.25, 0.3) is 5.56 Å². The molecule has 8 rings (SSSR count). The van der Waals surface area contributed by atoms with Crippen LogP contribution in [-0.4, -0.2) is 50.8 Å². The van der Waals surface area contributed by atoms with Gasteiger partial charge in [0.05, 0.1) is 49.2 Å². The van der Waals surface area contributed by atoms with Gasteiger partial charge in [-0.2, -0.15) is 4.98 Å². The van der Waals surface area contributed by atoms with E-state index in [1.807, 2.05) is 45.3 Å². The highest BCUT2D eigenvalue weighted by atomic mass is 35.5.